The zero-order valence-corrected chi connectivity index (χ0v) is 25.4. The van der Waals surface area contributed by atoms with E-state index in [-0.39, 0.29) is 48.1 Å². The van der Waals surface area contributed by atoms with E-state index in [0.717, 1.165) is 0 Å². The molecule has 7 N–H and O–H groups in total. The average Bonchev–Trinajstić information content (AvgIpc) is 2.88. The maximum Gasteiger partial charge on any atom is 0.407 e. The molecule has 4 rings (SSSR count). The highest BCUT2D eigenvalue weighted by molar-refractivity contribution is 6.25. The Bertz CT molecular complexity index is 1470. The molecule has 13 nitrogen and oxygen atoms in total. The number of amides is 2. The van der Waals surface area contributed by atoms with E-state index in [4.69, 9.17) is 10.5 Å². The van der Waals surface area contributed by atoms with Crippen LogP contribution >= 0.6 is 0 Å². The second-order valence-electron chi connectivity index (χ2n) is 13.1. The predicted octanol–water partition coefficient (Wildman–Crippen LogP) is 1.46. The minimum Gasteiger partial charge on any atom is -0.510 e. The first-order chi connectivity index (χ1) is 19.8. The fraction of sp³-hybridized carbons (Fsp3) is 0.533. The fourth-order valence-electron chi connectivity index (χ4n) is 6.39. The van der Waals surface area contributed by atoms with Gasteiger partial charge in [-0.15, -0.1) is 0 Å². The third-order valence-corrected chi connectivity index (χ3v) is 8.32. The highest BCUT2D eigenvalue weighted by Crippen LogP contribution is 2.53. The highest BCUT2D eigenvalue weighted by atomic mass is 16.5. The molecule has 43 heavy (non-hydrogen) atoms. The van der Waals surface area contributed by atoms with Crippen LogP contribution in [-0.2, 0) is 27.3 Å². The summed E-state index contributed by atoms with van der Waals surface area (Å²) in [4.78, 5) is 55.3. The maximum absolute atomic E-state index is 14.1. The summed E-state index contributed by atoms with van der Waals surface area (Å²) in [7, 11) is 6.66. The first kappa shape index (κ1) is 31.8. The number of nitrogens with two attached hydrogens (primary N) is 1. The number of allylic oxidation sites excluding steroid dienone is 1. The third-order valence-electron chi connectivity index (χ3n) is 8.32. The second-order valence-corrected chi connectivity index (χ2v) is 13.1. The molecule has 0 heterocycles. The minimum atomic E-state index is -2.72. The number of aliphatic hydroxyl groups excluding tert-OH is 2. The van der Waals surface area contributed by atoms with Crippen LogP contribution in [0.3, 0.4) is 0 Å². The number of ether oxygens (including phenoxy) is 1. The van der Waals surface area contributed by atoms with Crippen LogP contribution in [0.2, 0.25) is 0 Å². The van der Waals surface area contributed by atoms with Gasteiger partial charge in [-0.1, -0.05) is 20.8 Å². The van der Waals surface area contributed by atoms with Crippen LogP contribution in [0.5, 0.6) is 5.75 Å². The number of primary amides is 1. The Kier molecular flexibility index (Phi) is 8.05. The number of rotatable bonds is 6. The summed E-state index contributed by atoms with van der Waals surface area (Å²) in [6.07, 6.45) is -0.572. The summed E-state index contributed by atoms with van der Waals surface area (Å²) in [5.41, 5.74) is 2.43. The number of phenolic OH excluding ortho intramolecular Hbond substituents is 1. The molecule has 234 valence electrons. The van der Waals surface area contributed by atoms with Crippen LogP contribution in [-0.4, -0.2) is 95.3 Å². The first-order valence-corrected chi connectivity index (χ1v) is 13.9. The van der Waals surface area contributed by atoms with Gasteiger partial charge in [-0.05, 0) is 49.9 Å². The number of alkyl carbamates (subject to hydrolysis) is 1. The summed E-state index contributed by atoms with van der Waals surface area (Å²) in [5.74, 6) is -7.18. The van der Waals surface area contributed by atoms with Gasteiger partial charge in [0.2, 0.25) is 5.78 Å². The molecule has 13 heteroatoms. The van der Waals surface area contributed by atoms with Crippen molar-refractivity contribution in [1.82, 2.24) is 10.2 Å². The number of fused-ring (bicyclic) bond motifs is 3. The van der Waals surface area contributed by atoms with Crippen LogP contribution in [0.15, 0.2) is 28.7 Å². The molecule has 0 radical (unpaired) electrons. The number of nitrogens with zero attached hydrogens (tertiary/aromatic N) is 2. The Morgan fingerprint density at radius 3 is 2.30 bits per heavy atom. The molecule has 3 aliphatic rings. The van der Waals surface area contributed by atoms with E-state index in [9.17, 15) is 39.6 Å². The van der Waals surface area contributed by atoms with Crippen molar-refractivity contribution in [2.45, 2.75) is 51.8 Å². The first-order valence-electron chi connectivity index (χ1n) is 13.9. The van der Waals surface area contributed by atoms with Crippen molar-refractivity contribution in [2.75, 3.05) is 39.7 Å². The molecule has 0 fully saturated rings. The highest BCUT2D eigenvalue weighted by Gasteiger charge is 2.63. The van der Waals surface area contributed by atoms with E-state index in [2.05, 4.69) is 5.32 Å². The van der Waals surface area contributed by atoms with E-state index in [0.29, 0.717) is 11.3 Å². The molecule has 0 aliphatic heterocycles. The Morgan fingerprint density at radius 1 is 1.14 bits per heavy atom. The molecule has 1 aromatic carbocycles. The second kappa shape index (κ2) is 10.9. The number of aromatic hydroxyl groups is 1. The molecular weight excluding hydrogens is 560 g/mol. The molecule has 0 spiro atoms. The van der Waals surface area contributed by atoms with E-state index < -0.39 is 69.9 Å². The quantitative estimate of drug-likeness (QED) is 0.258. The lowest BCUT2D eigenvalue weighted by Gasteiger charge is -2.50. The van der Waals surface area contributed by atoms with Gasteiger partial charge in [0, 0.05) is 43.4 Å². The Balaban J connectivity index is 1.82. The molecule has 0 unspecified atom stereocenters. The zero-order chi connectivity index (χ0) is 32.3. The van der Waals surface area contributed by atoms with Gasteiger partial charge < -0.3 is 41.1 Å². The zero-order valence-electron chi connectivity index (χ0n) is 25.4. The number of nitrogens with one attached hydrogen (secondary N) is 1. The number of Topliss-reactive ketones (excluding diaryl/α,β-unsaturated/α-hetero) is 2. The third kappa shape index (κ3) is 5.20. The number of ketones is 2. The van der Waals surface area contributed by atoms with E-state index >= 15 is 0 Å². The van der Waals surface area contributed by atoms with Gasteiger partial charge in [-0.3, -0.25) is 19.3 Å². The molecule has 4 atom stereocenters. The summed E-state index contributed by atoms with van der Waals surface area (Å²) in [6.45, 7) is 5.70. The molecule has 0 aromatic heterocycles. The number of phenols is 1. The van der Waals surface area contributed by atoms with Crippen LogP contribution in [0.25, 0.3) is 0 Å². The Hall–Kier alpha value is -4.10. The van der Waals surface area contributed by atoms with Crippen LogP contribution in [0.1, 0.15) is 48.7 Å². The Morgan fingerprint density at radius 2 is 1.77 bits per heavy atom. The smallest absolute Gasteiger partial charge is 0.407 e. The standard InChI is InChI=1S/C30H40N4O9/c1-29(2,3)12-43-28(41)32-11-14-10-17(33(4)5)15-8-13-9-16-21(34(6)7)24(37)20(27(31)40)26(39)30(16,42)25(38)18(13)23(36)19(15)22(14)35/h10,13,16,21,35,37-38,42H,8-9,11-12H2,1-7H3,(H2,31,40)(H,32,41)/t13-,16-,21-,30-/m0/s1. The van der Waals surface area contributed by atoms with Crippen molar-refractivity contribution in [3.63, 3.8) is 0 Å². The number of likely N-dealkylation sites (N-methyl/N-ethyl adjacent to an activating group) is 1. The minimum absolute atomic E-state index is 0.0116. The lowest BCUT2D eigenvalue weighted by Crippen LogP contribution is -2.63. The monoisotopic (exact) mass is 600 g/mol. The lowest BCUT2D eigenvalue weighted by atomic mass is 9.58. The van der Waals surface area contributed by atoms with E-state index in [1.54, 1.807) is 39.2 Å². The summed E-state index contributed by atoms with van der Waals surface area (Å²) in [6, 6.07) is 0.582. The molecule has 1 aromatic rings. The number of hydrogen-bond acceptors (Lipinski definition) is 11. The van der Waals surface area contributed by atoms with Gasteiger partial charge >= 0.3 is 6.09 Å². The number of carbonyl (C=O) groups is 4. The topological polar surface area (TPSA) is 203 Å². The van der Waals surface area contributed by atoms with Crippen LogP contribution < -0.4 is 16.0 Å². The number of benzene rings is 1. The van der Waals surface area contributed by atoms with Crippen LogP contribution in [0, 0.1) is 17.3 Å². The molecule has 3 aliphatic carbocycles. The van der Waals surface area contributed by atoms with Gasteiger partial charge in [0.15, 0.2) is 11.4 Å². The number of anilines is 1. The average molecular weight is 601 g/mol. The number of aliphatic hydroxyl groups is 3. The lowest BCUT2D eigenvalue weighted by molar-refractivity contribution is -0.148. The van der Waals surface area contributed by atoms with Crippen molar-refractivity contribution in [3.05, 3.63) is 45.4 Å². The number of hydrogen-bond donors (Lipinski definition) is 6. The van der Waals surface area contributed by atoms with Crippen molar-refractivity contribution in [3.8, 4) is 5.75 Å². The predicted molar refractivity (Wildman–Crippen MR) is 156 cm³/mol. The normalized spacial score (nSPS) is 25.3. The molecular formula is C30H40N4O9. The van der Waals surface area contributed by atoms with Gasteiger partial charge in [0.25, 0.3) is 5.91 Å². The van der Waals surface area contributed by atoms with Crippen molar-refractivity contribution in [2.24, 2.45) is 23.0 Å². The van der Waals surface area contributed by atoms with Crippen molar-refractivity contribution >= 4 is 29.3 Å². The van der Waals surface area contributed by atoms with Crippen molar-refractivity contribution in [1.29, 1.82) is 0 Å². The Labute approximate surface area is 249 Å². The van der Waals surface area contributed by atoms with Gasteiger partial charge in [-0.2, -0.15) is 0 Å². The SMILES string of the molecule is CN(C)c1cc(CNC(=O)OCC(C)(C)C)c(O)c2c1C[C@H]1C[C@H]3[C@H](N(C)C)C(O)=C(C(N)=O)C(=O)[C@@]3(O)C(O)=C1C2=O. The van der Waals surface area contributed by atoms with Gasteiger partial charge in [-0.25, -0.2) is 4.79 Å². The van der Waals surface area contributed by atoms with E-state index in [1.165, 1.54) is 4.90 Å². The van der Waals surface area contributed by atoms with E-state index in [1.807, 2.05) is 20.8 Å². The maximum atomic E-state index is 14.1. The molecule has 0 bridgehead atoms. The fourth-order valence-corrected chi connectivity index (χ4v) is 6.39. The van der Waals surface area contributed by atoms with Crippen LogP contribution in [0.4, 0.5) is 10.5 Å². The molecule has 0 saturated heterocycles. The molecule has 2 amide bonds. The summed E-state index contributed by atoms with van der Waals surface area (Å²) < 4.78 is 5.23. The molecule has 0 saturated carbocycles. The summed E-state index contributed by atoms with van der Waals surface area (Å²) in [5, 5.41) is 48.1. The number of carbonyl (C=O) groups excluding carboxylic acids is 4. The van der Waals surface area contributed by atoms with Gasteiger partial charge in [0.05, 0.1) is 18.2 Å². The summed E-state index contributed by atoms with van der Waals surface area (Å²) >= 11 is 0. The van der Waals surface area contributed by atoms with Gasteiger partial charge in [0.1, 0.15) is 22.8 Å². The largest absolute Gasteiger partial charge is 0.510 e. The van der Waals surface area contributed by atoms with Crippen molar-refractivity contribution < 1.29 is 44.3 Å².